The molecule has 7 nitrogen and oxygen atoms in total. The van der Waals surface area contributed by atoms with Gasteiger partial charge in [-0.1, -0.05) is 18.2 Å². The van der Waals surface area contributed by atoms with Crippen LogP contribution in [-0.2, 0) is 0 Å². The van der Waals surface area contributed by atoms with Crippen molar-refractivity contribution in [1.82, 2.24) is 20.0 Å². The van der Waals surface area contributed by atoms with Gasteiger partial charge in [0.25, 0.3) is 5.91 Å². The average Bonchev–Trinajstić information content (AvgIpc) is 3.39. The molecule has 0 saturated carbocycles. The number of halogens is 1. The Kier molecular flexibility index (Phi) is 4.13. The van der Waals surface area contributed by atoms with Crippen LogP contribution >= 0.6 is 15.9 Å². The molecule has 2 aromatic heterocycles. The summed E-state index contributed by atoms with van der Waals surface area (Å²) >= 11 is 3.24. The number of hydrogen-bond acceptors (Lipinski definition) is 6. The SMILES string of the molecule is CN1CC2(CC1c1nnc(-c3ccccc3)o1)CN(C(=O)c1ccc(Br)o1)C2. The van der Waals surface area contributed by atoms with Crippen LogP contribution in [0.4, 0.5) is 0 Å². The van der Waals surface area contributed by atoms with Crippen molar-refractivity contribution < 1.29 is 13.6 Å². The Morgan fingerprint density at radius 1 is 1.11 bits per heavy atom. The number of amides is 1. The van der Waals surface area contributed by atoms with Crippen molar-refractivity contribution in [3.8, 4) is 11.5 Å². The maximum Gasteiger partial charge on any atom is 0.289 e. The van der Waals surface area contributed by atoms with Gasteiger partial charge in [0.1, 0.15) is 0 Å². The predicted molar refractivity (Wildman–Crippen MR) is 104 cm³/mol. The minimum atomic E-state index is -0.0633. The Morgan fingerprint density at radius 2 is 1.89 bits per heavy atom. The third kappa shape index (κ3) is 2.97. The summed E-state index contributed by atoms with van der Waals surface area (Å²) < 4.78 is 11.9. The first-order valence-electron chi connectivity index (χ1n) is 9.17. The monoisotopic (exact) mass is 442 g/mol. The van der Waals surface area contributed by atoms with Crippen molar-refractivity contribution in [2.24, 2.45) is 5.41 Å². The smallest absolute Gasteiger partial charge is 0.289 e. The largest absolute Gasteiger partial charge is 0.444 e. The topological polar surface area (TPSA) is 75.6 Å². The number of hydrogen-bond donors (Lipinski definition) is 0. The lowest BCUT2D eigenvalue weighted by molar-refractivity contribution is 0.00897. The first-order valence-corrected chi connectivity index (χ1v) is 9.96. The summed E-state index contributed by atoms with van der Waals surface area (Å²) in [6, 6.07) is 13.3. The van der Waals surface area contributed by atoms with Crippen molar-refractivity contribution in [2.45, 2.75) is 12.5 Å². The molecule has 0 bridgehead atoms. The van der Waals surface area contributed by atoms with Crippen LogP contribution < -0.4 is 0 Å². The third-order valence-electron chi connectivity index (χ3n) is 5.61. The van der Waals surface area contributed by atoms with Gasteiger partial charge in [0.15, 0.2) is 10.4 Å². The molecule has 0 N–H and O–H groups in total. The van der Waals surface area contributed by atoms with Gasteiger partial charge in [0.2, 0.25) is 11.8 Å². The second-order valence-electron chi connectivity index (χ2n) is 7.71. The highest BCUT2D eigenvalue weighted by Gasteiger charge is 2.53. The third-order valence-corrected chi connectivity index (χ3v) is 6.04. The molecule has 1 spiro atoms. The van der Waals surface area contributed by atoms with E-state index in [1.165, 1.54) is 0 Å². The molecule has 1 aromatic carbocycles. The Morgan fingerprint density at radius 3 is 2.61 bits per heavy atom. The zero-order valence-electron chi connectivity index (χ0n) is 15.3. The maximum atomic E-state index is 12.5. The molecule has 2 aliphatic rings. The van der Waals surface area contributed by atoms with E-state index in [4.69, 9.17) is 8.83 Å². The normalized spacial score (nSPS) is 21.2. The van der Waals surface area contributed by atoms with Crippen LogP contribution in [-0.4, -0.2) is 52.6 Å². The van der Waals surface area contributed by atoms with Crippen molar-refractivity contribution in [2.75, 3.05) is 26.7 Å². The van der Waals surface area contributed by atoms with Crippen molar-refractivity contribution in [1.29, 1.82) is 0 Å². The van der Waals surface area contributed by atoms with Gasteiger partial charge >= 0.3 is 0 Å². The molecule has 1 amide bonds. The first-order chi connectivity index (χ1) is 13.5. The average molecular weight is 443 g/mol. The van der Waals surface area contributed by atoms with Crippen LogP contribution in [0.1, 0.15) is 28.9 Å². The van der Waals surface area contributed by atoms with Gasteiger partial charge in [-0.2, -0.15) is 0 Å². The summed E-state index contributed by atoms with van der Waals surface area (Å²) in [5.74, 6) is 1.48. The number of furan rings is 1. The van der Waals surface area contributed by atoms with Crippen LogP contribution in [0, 0.1) is 5.41 Å². The van der Waals surface area contributed by atoms with Gasteiger partial charge in [-0.25, -0.2) is 0 Å². The molecule has 1 unspecified atom stereocenters. The molecule has 2 fully saturated rings. The zero-order chi connectivity index (χ0) is 19.3. The summed E-state index contributed by atoms with van der Waals surface area (Å²) in [5.41, 5.74) is 0.988. The van der Waals surface area contributed by atoms with Crippen molar-refractivity contribution >= 4 is 21.8 Å². The van der Waals surface area contributed by atoms with Gasteiger partial charge in [-0.3, -0.25) is 9.69 Å². The van der Waals surface area contributed by atoms with E-state index in [0.29, 0.717) is 35.3 Å². The fourth-order valence-corrected chi connectivity index (χ4v) is 4.64. The molecule has 144 valence electrons. The van der Waals surface area contributed by atoms with Crippen molar-refractivity contribution in [3.63, 3.8) is 0 Å². The molecule has 3 aromatic rings. The molecule has 5 rings (SSSR count). The Hall–Kier alpha value is -2.45. The number of rotatable bonds is 3. The van der Waals surface area contributed by atoms with E-state index in [9.17, 15) is 4.79 Å². The lowest BCUT2D eigenvalue weighted by Gasteiger charge is -2.47. The van der Waals surface area contributed by atoms with Gasteiger partial charge in [-0.15, -0.1) is 10.2 Å². The van der Waals surface area contributed by atoms with E-state index in [2.05, 4.69) is 38.1 Å². The molecule has 1 atom stereocenters. The maximum absolute atomic E-state index is 12.5. The fraction of sp³-hybridized carbons (Fsp3) is 0.350. The number of benzene rings is 1. The van der Waals surface area contributed by atoms with E-state index in [0.717, 1.165) is 18.5 Å². The van der Waals surface area contributed by atoms with Crippen LogP contribution in [0.2, 0.25) is 0 Å². The van der Waals surface area contributed by atoms with Crippen LogP contribution in [0.5, 0.6) is 0 Å². The lowest BCUT2D eigenvalue weighted by Crippen LogP contribution is -2.59. The highest BCUT2D eigenvalue weighted by atomic mass is 79.9. The second kappa shape index (κ2) is 6.56. The minimum absolute atomic E-state index is 0.0633. The van der Waals surface area contributed by atoms with Crippen molar-refractivity contribution in [3.05, 3.63) is 58.8 Å². The second-order valence-corrected chi connectivity index (χ2v) is 8.49. The molecule has 0 aliphatic carbocycles. The number of carbonyl (C=O) groups is 1. The van der Waals surface area contributed by atoms with Crippen LogP contribution in [0.15, 0.2) is 56.0 Å². The molecule has 28 heavy (non-hydrogen) atoms. The van der Waals surface area contributed by atoms with E-state index >= 15 is 0 Å². The van der Waals surface area contributed by atoms with E-state index in [-0.39, 0.29) is 17.4 Å². The predicted octanol–water partition coefficient (Wildman–Crippen LogP) is 3.61. The lowest BCUT2D eigenvalue weighted by atomic mass is 9.77. The number of nitrogens with zero attached hydrogens (tertiary/aromatic N) is 4. The molecule has 8 heteroatoms. The fourth-order valence-electron chi connectivity index (χ4n) is 4.33. The molecular weight excluding hydrogens is 424 g/mol. The Bertz CT molecular complexity index is 1010. The van der Waals surface area contributed by atoms with Crippen LogP contribution in [0.25, 0.3) is 11.5 Å². The number of carbonyl (C=O) groups excluding carboxylic acids is 1. The standard InChI is InChI=1S/C20H19BrN4O3/c1-24-10-20(11-25(12-20)19(26)15-7-8-16(21)27-15)9-14(24)18-23-22-17(28-18)13-5-3-2-4-6-13/h2-8,14H,9-12H2,1H3. The van der Waals surface area contributed by atoms with Gasteiger partial charge < -0.3 is 13.7 Å². The highest BCUT2D eigenvalue weighted by Crippen LogP contribution is 2.48. The molecule has 2 aliphatic heterocycles. The van der Waals surface area contributed by atoms with Gasteiger partial charge in [0.05, 0.1) is 6.04 Å². The summed E-state index contributed by atoms with van der Waals surface area (Å²) in [6.45, 7) is 2.32. The molecule has 2 saturated heterocycles. The van der Waals surface area contributed by atoms with E-state index in [1.807, 2.05) is 35.2 Å². The zero-order valence-corrected chi connectivity index (χ0v) is 16.9. The summed E-state index contributed by atoms with van der Waals surface area (Å²) in [5, 5.41) is 8.51. The van der Waals surface area contributed by atoms with E-state index < -0.39 is 0 Å². The minimum Gasteiger partial charge on any atom is -0.444 e. The number of aromatic nitrogens is 2. The summed E-state index contributed by atoms with van der Waals surface area (Å²) in [4.78, 5) is 16.6. The van der Waals surface area contributed by atoms with E-state index in [1.54, 1.807) is 12.1 Å². The molecular formula is C20H19BrN4O3. The van der Waals surface area contributed by atoms with Gasteiger partial charge in [-0.05, 0) is 53.7 Å². The highest BCUT2D eigenvalue weighted by molar-refractivity contribution is 9.10. The first kappa shape index (κ1) is 17.6. The Balaban J connectivity index is 1.28. The number of likely N-dealkylation sites (tertiary alicyclic amines) is 2. The summed E-state index contributed by atoms with van der Waals surface area (Å²) in [6.07, 6.45) is 0.894. The summed E-state index contributed by atoms with van der Waals surface area (Å²) in [7, 11) is 2.07. The molecule has 4 heterocycles. The Labute approximate surface area is 170 Å². The van der Waals surface area contributed by atoms with Gasteiger partial charge in [0, 0.05) is 30.6 Å². The quantitative estimate of drug-likeness (QED) is 0.616. The van der Waals surface area contributed by atoms with Crippen LogP contribution in [0.3, 0.4) is 0 Å². The molecule has 0 radical (unpaired) electrons.